The Morgan fingerprint density at radius 3 is 2.33 bits per heavy atom. The lowest BCUT2D eigenvalue weighted by molar-refractivity contribution is 0.104. The smallest absolute Gasteiger partial charge is 0.151 e. The van der Waals surface area contributed by atoms with Gasteiger partial charge in [-0.15, -0.1) is 0 Å². The number of ether oxygens (including phenoxy) is 1. The van der Waals surface area contributed by atoms with Gasteiger partial charge in [-0.3, -0.25) is 0 Å². The van der Waals surface area contributed by atoms with Crippen molar-refractivity contribution >= 4 is 9.84 Å². The molecule has 0 aliphatic carbocycles. The second-order valence-corrected chi connectivity index (χ2v) is 11.8. The van der Waals surface area contributed by atoms with Crippen molar-refractivity contribution in [2.75, 3.05) is 24.7 Å². The molecule has 2 atom stereocenters. The molecule has 2 rings (SSSR count). The Labute approximate surface area is 164 Å². The lowest BCUT2D eigenvalue weighted by Gasteiger charge is -2.33. The minimum absolute atomic E-state index is 0.0611. The van der Waals surface area contributed by atoms with Crippen LogP contribution in [0.3, 0.4) is 0 Å². The minimum atomic E-state index is -2.90. The number of sulfone groups is 1. The van der Waals surface area contributed by atoms with E-state index in [1.165, 1.54) is 5.56 Å². The van der Waals surface area contributed by atoms with E-state index in [0.29, 0.717) is 13.0 Å². The van der Waals surface area contributed by atoms with Crippen LogP contribution >= 0.6 is 0 Å². The van der Waals surface area contributed by atoms with Crippen LogP contribution in [-0.2, 0) is 15.3 Å². The average Bonchev–Trinajstić information content (AvgIpc) is 2.88. The summed E-state index contributed by atoms with van der Waals surface area (Å²) in [6.45, 7) is 11.8. The highest BCUT2D eigenvalue weighted by Gasteiger charge is 2.28. The van der Waals surface area contributed by atoms with Gasteiger partial charge < -0.3 is 15.2 Å². The third-order valence-electron chi connectivity index (χ3n) is 4.93. The molecule has 1 fully saturated rings. The van der Waals surface area contributed by atoms with Crippen LogP contribution < -0.4 is 10.1 Å². The van der Waals surface area contributed by atoms with Crippen LogP contribution in [0.1, 0.15) is 53.0 Å². The summed E-state index contributed by atoms with van der Waals surface area (Å²) in [4.78, 5) is 0. The third kappa shape index (κ3) is 7.43. The molecule has 0 amide bonds. The molecule has 1 heterocycles. The van der Waals surface area contributed by atoms with Gasteiger partial charge in [0.25, 0.3) is 0 Å². The summed E-state index contributed by atoms with van der Waals surface area (Å²) in [5.74, 6) is 1.12. The number of rotatable bonds is 8. The van der Waals surface area contributed by atoms with Gasteiger partial charge in [0, 0.05) is 12.6 Å². The van der Waals surface area contributed by atoms with Crippen LogP contribution in [0.5, 0.6) is 5.75 Å². The Morgan fingerprint density at radius 2 is 1.81 bits per heavy atom. The molecule has 27 heavy (non-hydrogen) atoms. The molecular formula is C21H35NO4S. The molecule has 6 heteroatoms. The molecule has 0 spiro atoms. The van der Waals surface area contributed by atoms with Crippen molar-refractivity contribution in [3.05, 3.63) is 29.8 Å². The predicted molar refractivity (Wildman–Crippen MR) is 110 cm³/mol. The summed E-state index contributed by atoms with van der Waals surface area (Å²) in [7, 11) is -2.90. The normalized spacial score (nSPS) is 21.2. The van der Waals surface area contributed by atoms with Crippen LogP contribution in [-0.4, -0.2) is 50.3 Å². The van der Waals surface area contributed by atoms with Gasteiger partial charge in [0.05, 0.1) is 11.5 Å². The summed E-state index contributed by atoms with van der Waals surface area (Å²) in [5.41, 5.74) is 1.62. The first-order chi connectivity index (χ1) is 12.4. The van der Waals surface area contributed by atoms with Crippen molar-refractivity contribution in [2.45, 2.75) is 65.0 Å². The highest BCUT2D eigenvalue weighted by Crippen LogP contribution is 2.36. The Kier molecular flexibility index (Phi) is 6.98. The Balaban J connectivity index is 1.79. The second-order valence-electron chi connectivity index (χ2n) is 9.62. The molecule has 0 aromatic heterocycles. The maximum atomic E-state index is 11.4. The number of aliphatic hydroxyl groups is 1. The first-order valence-corrected chi connectivity index (χ1v) is 11.5. The molecule has 154 valence electrons. The Hall–Kier alpha value is -1.11. The molecule has 0 unspecified atom stereocenters. The van der Waals surface area contributed by atoms with Crippen LogP contribution in [0.2, 0.25) is 0 Å². The quantitative estimate of drug-likeness (QED) is 0.705. The SMILES string of the molecule is CC(C)(C)CC(C)(C)c1ccc(OC[C@@H](O)CN[C@H]2CCS(=O)(=O)C2)cc1. The molecule has 2 N–H and O–H groups in total. The maximum Gasteiger partial charge on any atom is 0.151 e. The summed E-state index contributed by atoms with van der Waals surface area (Å²) >= 11 is 0. The lowest BCUT2D eigenvalue weighted by atomic mass is 9.72. The zero-order valence-electron chi connectivity index (χ0n) is 17.3. The Morgan fingerprint density at radius 1 is 1.19 bits per heavy atom. The monoisotopic (exact) mass is 397 g/mol. The van der Waals surface area contributed by atoms with Crippen molar-refractivity contribution in [1.82, 2.24) is 5.32 Å². The van der Waals surface area contributed by atoms with E-state index in [1.807, 2.05) is 12.1 Å². The Bertz CT molecular complexity index is 705. The largest absolute Gasteiger partial charge is 0.491 e. The second kappa shape index (κ2) is 8.50. The third-order valence-corrected chi connectivity index (χ3v) is 6.69. The molecule has 1 aromatic rings. The van der Waals surface area contributed by atoms with E-state index in [9.17, 15) is 13.5 Å². The zero-order chi connectivity index (χ0) is 20.3. The topological polar surface area (TPSA) is 75.6 Å². The fraction of sp³-hybridized carbons (Fsp3) is 0.714. The van der Waals surface area contributed by atoms with Gasteiger partial charge in [0.15, 0.2) is 9.84 Å². The van der Waals surface area contributed by atoms with E-state index in [1.54, 1.807) is 0 Å². The highest BCUT2D eigenvalue weighted by atomic mass is 32.2. The van der Waals surface area contributed by atoms with Crippen LogP contribution in [0.25, 0.3) is 0 Å². The molecule has 0 radical (unpaired) electrons. The van der Waals surface area contributed by atoms with Crippen LogP contribution in [0.4, 0.5) is 0 Å². The maximum absolute atomic E-state index is 11.4. The minimum Gasteiger partial charge on any atom is -0.491 e. The molecule has 1 aliphatic rings. The number of benzene rings is 1. The summed E-state index contributed by atoms with van der Waals surface area (Å²) in [6.07, 6.45) is 1.02. The van der Waals surface area contributed by atoms with Gasteiger partial charge >= 0.3 is 0 Å². The van der Waals surface area contributed by atoms with E-state index in [0.717, 1.165) is 12.2 Å². The van der Waals surface area contributed by atoms with Crippen LogP contribution in [0, 0.1) is 5.41 Å². The average molecular weight is 398 g/mol. The van der Waals surface area contributed by atoms with Crippen molar-refractivity contribution in [3.63, 3.8) is 0 Å². The summed E-state index contributed by atoms with van der Waals surface area (Å²) in [5, 5.41) is 13.2. The first-order valence-electron chi connectivity index (χ1n) is 9.72. The molecule has 0 bridgehead atoms. The number of nitrogens with one attached hydrogen (secondary N) is 1. The highest BCUT2D eigenvalue weighted by molar-refractivity contribution is 7.91. The predicted octanol–water partition coefficient (Wildman–Crippen LogP) is 2.92. The van der Waals surface area contributed by atoms with Gasteiger partial charge in [-0.05, 0) is 41.4 Å². The number of hydrogen-bond donors (Lipinski definition) is 2. The van der Waals surface area contributed by atoms with Crippen molar-refractivity contribution in [2.24, 2.45) is 5.41 Å². The first kappa shape index (κ1) is 22.2. The molecule has 0 saturated carbocycles. The van der Waals surface area contributed by atoms with Gasteiger partial charge in [-0.1, -0.05) is 46.8 Å². The van der Waals surface area contributed by atoms with Gasteiger partial charge in [0.1, 0.15) is 18.5 Å². The van der Waals surface area contributed by atoms with Gasteiger partial charge in [-0.25, -0.2) is 8.42 Å². The van der Waals surface area contributed by atoms with Gasteiger partial charge in [-0.2, -0.15) is 0 Å². The van der Waals surface area contributed by atoms with Crippen molar-refractivity contribution in [3.8, 4) is 5.75 Å². The van der Waals surface area contributed by atoms with E-state index in [4.69, 9.17) is 4.74 Å². The van der Waals surface area contributed by atoms with E-state index >= 15 is 0 Å². The lowest BCUT2D eigenvalue weighted by Crippen LogP contribution is -2.38. The standard InChI is InChI=1S/C21H35NO4S/c1-20(2,3)15-21(4,5)16-6-8-19(9-7-16)26-13-18(23)12-22-17-10-11-27(24,25)14-17/h6-9,17-18,22-23H,10-15H2,1-5H3/t17-,18-/m0/s1. The van der Waals surface area contributed by atoms with Crippen LogP contribution in [0.15, 0.2) is 24.3 Å². The molecule has 1 aliphatic heterocycles. The molecule has 1 saturated heterocycles. The summed E-state index contributed by atoms with van der Waals surface area (Å²) in [6, 6.07) is 8.02. The van der Waals surface area contributed by atoms with Crippen molar-refractivity contribution < 1.29 is 18.3 Å². The fourth-order valence-corrected chi connectivity index (χ4v) is 5.65. The van der Waals surface area contributed by atoms with E-state index < -0.39 is 15.9 Å². The number of aliphatic hydroxyl groups excluding tert-OH is 1. The number of hydrogen-bond acceptors (Lipinski definition) is 5. The molecule has 1 aromatic carbocycles. The van der Waals surface area contributed by atoms with Gasteiger partial charge in [0.2, 0.25) is 0 Å². The molecule has 5 nitrogen and oxygen atoms in total. The van der Waals surface area contributed by atoms with E-state index in [-0.39, 0.29) is 35.0 Å². The zero-order valence-corrected chi connectivity index (χ0v) is 18.1. The fourth-order valence-electron chi connectivity index (χ4n) is 3.94. The van der Waals surface area contributed by atoms with E-state index in [2.05, 4.69) is 52.1 Å². The summed E-state index contributed by atoms with van der Waals surface area (Å²) < 4.78 is 28.6. The molecular weight excluding hydrogens is 362 g/mol. The van der Waals surface area contributed by atoms with Crippen molar-refractivity contribution in [1.29, 1.82) is 0 Å².